The van der Waals surface area contributed by atoms with Gasteiger partial charge in [-0.25, -0.2) is 4.79 Å². The van der Waals surface area contributed by atoms with Gasteiger partial charge in [0.2, 0.25) is 5.91 Å². The molecule has 0 radical (unpaired) electrons. The molecule has 1 aromatic heterocycles. The number of rotatable bonds is 2. The number of nitrogens with zero attached hydrogens (tertiary/aromatic N) is 1. The Morgan fingerprint density at radius 1 is 1.29 bits per heavy atom. The van der Waals surface area contributed by atoms with Crippen molar-refractivity contribution in [2.45, 2.75) is 6.54 Å². The number of primary amides is 1. The first kappa shape index (κ1) is 11.0. The lowest BCUT2D eigenvalue weighted by atomic mass is 10.2. The summed E-state index contributed by atoms with van der Waals surface area (Å²) in [5, 5.41) is 2.88. The number of carbonyl (C=O) groups is 2. The van der Waals surface area contributed by atoms with Crippen molar-refractivity contribution in [1.82, 2.24) is 9.88 Å². The van der Waals surface area contributed by atoms with Crippen LogP contribution in [0.5, 0.6) is 0 Å². The monoisotopic (exact) mass is 232 g/mol. The predicted octanol–water partition coefficient (Wildman–Crippen LogP) is 0.418. The zero-order chi connectivity index (χ0) is 12.4. The third-order valence-corrected chi connectivity index (χ3v) is 2.42. The molecule has 0 fully saturated rings. The van der Waals surface area contributed by atoms with E-state index in [2.05, 4.69) is 0 Å². The van der Waals surface area contributed by atoms with Crippen molar-refractivity contribution < 1.29 is 9.59 Å². The normalized spacial score (nSPS) is 10.4. The van der Waals surface area contributed by atoms with Gasteiger partial charge in [0, 0.05) is 17.3 Å². The number of nitrogens with two attached hydrogens (primary N) is 2. The largest absolute Gasteiger partial charge is 0.398 e. The third kappa shape index (κ3) is 2.20. The van der Waals surface area contributed by atoms with Crippen molar-refractivity contribution in [2.75, 3.05) is 5.73 Å². The molecule has 17 heavy (non-hydrogen) atoms. The summed E-state index contributed by atoms with van der Waals surface area (Å²) in [5.74, 6) is -0.461. The smallest absolute Gasteiger partial charge is 0.318 e. The van der Waals surface area contributed by atoms with Crippen LogP contribution in [0.2, 0.25) is 0 Å². The number of aromatic nitrogens is 1. The highest BCUT2D eigenvalue weighted by atomic mass is 16.2. The Morgan fingerprint density at radius 3 is 2.76 bits per heavy atom. The minimum atomic E-state index is -0.856. The zero-order valence-electron chi connectivity index (χ0n) is 9.01. The van der Waals surface area contributed by atoms with E-state index in [1.54, 1.807) is 22.9 Å². The van der Waals surface area contributed by atoms with Crippen LogP contribution < -0.4 is 16.8 Å². The topological polar surface area (TPSA) is 103 Å². The van der Waals surface area contributed by atoms with Gasteiger partial charge in [0.05, 0.1) is 5.52 Å². The molecule has 0 bridgehead atoms. The molecule has 0 saturated carbocycles. The number of anilines is 1. The molecule has 88 valence electrons. The lowest BCUT2D eigenvalue weighted by Crippen LogP contribution is -2.37. The fourth-order valence-electron chi connectivity index (χ4n) is 1.72. The third-order valence-electron chi connectivity index (χ3n) is 2.42. The first-order valence-corrected chi connectivity index (χ1v) is 5.00. The van der Waals surface area contributed by atoms with Gasteiger partial charge in [-0.3, -0.25) is 10.1 Å². The average molecular weight is 232 g/mol. The lowest BCUT2D eigenvalue weighted by molar-refractivity contribution is -0.120. The van der Waals surface area contributed by atoms with Crippen LogP contribution in [0.25, 0.3) is 10.9 Å². The SMILES string of the molecule is NC(=O)NC(=O)Cn1ccc2c(N)cccc21. The number of benzene rings is 1. The molecule has 0 spiro atoms. The van der Waals surface area contributed by atoms with Gasteiger partial charge in [-0.1, -0.05) is 6.07 Å². The number of amides is 3. The first-order valence-electron chi connectivity index (χ1n) is 5.00. The minimum Gasteiger partial charge on any atom is -0.398 e. The van der Waals surface area contributed by atoms with Crippen LogP contribution >= 0.6 is 0 Å². The fraction of sp³-hybridized carbons (Fsp3) is 0.0909. The van der Waals surface area contributed by atoms with Gasteiger partial charge in [-0.2, -0.15) is 0 Å². The molecular weight excluding hydrogens is 220 g/mol. The number of hydrogen-bond donors (Lipinski definition) is 3. The molecule has 0 atom stereocenters. The fourth-order valence-corrected chi connectivity index (χ4v) is 1.72. The predicted molar refractivity (Wildman–Crippen MR) is 64.1 cm³/mol. The molecule has 0 aliphatic rings. The average Bonchev–Trinajstić information content (AvgIpc) is 2.62. The standard InChI is InChI=1S/C11H12N4O2/c12-8-2-1-3-9-7(8)4-5-15(9)6-10(16)14-11(13)17/h1-5H,6,12H2,(H3,13,14,16,17). The summed E-state index contributed by atoms with van der Waals surface area (Å²) in [6, 6.07) is 6.41. The number of fused-ring (bicyclic) bond motifs is 1. The molecule has 0 aliphatic carbocycles. The quantitative estimate of drug-likeness (QED) is 0.653. The van der Waals surface area contributed by atoms with Gasteiger partial charge in [-0.05, 0) is 18.2 Å². The van der Waals surface area contributed by atoms with E-state index in [1.807, 2.05) is 17.4 Å². The van der Waals surface area contributed by atoms with E-state index in [4.69, 9.17) is 11.5 Å². The van der Waals surface area contributed by atoms with Crippen molar-refractivity contribution in [3.05, 3.63) is 30.5 Å². The van der Waals surface area contributed by atoms with Crippen molar-refractivity contribution in [2.24, 2.45) is 5.73 Å². The van der Waals surface area contributed by atoms with Crippen LogP contribution in [0.3, 0.4) is 0 Å². The Hall–Kier alpha value is -2.50. The highest BCUT2D eigenvalue weighted by Crippen LogP contribution is 2.21. The van der Waals surface area contributed by atoms with E-state index in [1.165, 1.54) is 0 Å². The number of nitrogens with one attached hydrogen (secondary N) is 1. The van der Waals surface area contributed by atoms with Gasteiger partial charge in [-0.15, -0.1) is 0 Å². The Labute approximate surface area is 97.2 Å². The Balaban J connectivity index is 2.28. The van der Waals surface area contributed by atoms with Crippen LogP contribution in [-0.2, 0) is 11.3 Å². The molecule has 0 saturated heterocycles. The van der Waals surface area contributed by atoms with Gasteiger partial charge >= 0.3 is 6.03 Å². The van der Waals surface area contributed by atoms with E-state index in [0.717, 1.165) is 10.9 Å². The molecule has 1 heterocycles. The van der Waals surface area contributed by atoms with Crippen molar-refractivity contribution in [3.63, 3.8) is 0 Å². The van der Waals surface area contributed by atoms with Crippen LogP contribution in [0.4, 0.5) is 10.5 Å². The summed E-state index contributed by atoms with van der Waals surface area (Å²) in [4.78, 5) is 21.9. The maximum absolute atomic E-state index is 11.4. The molecule has 5 N–H and O–H groups in total. The summed E-state index contributed by atoms with van der Waals surface area (Å²) in [5.41, 5.74) is 12.1. The van der Waals surface area contributed by atoms with Crippen LogP contribution in [0.15, 0.2) is 30.5 Å². The van der Waals surface area contributed by atoms with Crippen molar-refractivity contribution in [1.29, 1.82) is 0 Å². The molecule has 2 rings (SSSR count). The number of nitrogen functional groups attached to an aromatic ring is 1. The molecule has 6 heteroatoms. The summed E-state index contributed by atoms with van der Waals surface area (Å²) >= 11 is 0. The second kappa shape index (κ2) is 4.17. The number of imide groups is 1. The van der Waals surface area contributed by atoms with E-state index in [-0.39, 0.29) is 6.54 Å². The number of carbonyl (C=O) groups excluding carboxylic acids is 2. The molecule has 0 aliphatic heterocycles. The molecule has 2 aromatic rings. The highest BCUT2D eigenvalue weighted by Gasteiger charge is 2.08. The maximum atomic E-state index is 11.4. The molecule has 3 amide bonds. The summed E-state index contributed by atoms with van der Waals surface area (Å²) in [6.07, 6.45) is 1.74. The maximum Gasteiger partial charge on any atom is 0.318 e. The van der Waals surface area contributed by atoms with Gasteiger partial charge in [0.1, 0.15) is 6.54 Å². The summed E-state index contributed by atoms with van der Waals surface area (Å²) in [7, 11) is 0. The van der Waals surface area contributed by atoms with E-state index < -0.39 is 11.9 Å². The zero-order valence-corrected chi connectivity index (χ0v) is 9.01. The summed E-state index contributed by atoms with van der Waals surface area (Å²) in [6.45, 7) is 0.0237. The Kier molecular flexibility index (Phi) is 2.70. The first-order chi connectivity index (χ1) is 8.08. The Bertz CT molecular complexity index is 588. The number of urea groups is 1. The van der Waals surface area contributed by atoms with Crippen molar-refractivity contribution in [3.8, 4) is 0 Å². The molecule has 1 aromatic carbocycles. The molecule has 6 nitrogen and oxygen atoms in total. The van der Waals surface area contributed by atoms with E-state index in [9.17, 15) is 9.59 Å². The van der Waals surface area contributed by atoms with Gasteiger partial charge < -0.3 is 16.0 Å². The second-order valence-corrected chi connectivity index (χ2v) is 3.64. The van der Waals surface area contributed by atoms with Crippen LogP contribution in [0.1, 0.15) is 0 Å². The Morgan fingerprint density at radius 2 is 2.06 bits per heavy atom. The van der Waals surface area contributed by atoms with Gasteiger partial charge in [0.25, 0.3) is 0 Å². The second-order valence-electron chi connectivity index (χ2n) is 3.64. The minimum absolute atomic E-state index is 0.0237. The highest BCUT2D eigenvalue weighted by molar-refractivity contribution is 5.95. The van der Waals surface area contributed by atoms with E-state index >= 15 is 0 Å². The van der Waals surface area contributed by atoms with Crippen molar-refractivity contribution >= 4 is 28.5 Å². The molecular formula is C11H12N4O2. The van der Waals surface area contributed by atoms with Crippen LogP contribution in [0, 0.1) is 0 Å². The molecule has 0 unspecified atom stereocenters. The van der Waals surface area contributed by atoms with Gasteiger partial charge in [0.15, 0.2) is 0 Å². The van der Waals surface area contributed by atoms with E-state index in [0.29, 0.717) is 5.69 Å². The number of hydrogen-bond acceptors (Lipinski definition) is 3. The lowest BCUT2D eigenvalue weighted by Gasteiger charge is -2.05. The summed E-state index contributed by atoms with van der Waals surface area (Å²) < 4.78 is 1.70. The van der Waals surface area contributed by atoms with Crippen LogP contribution in [-0.4, -0.2) is 16.5 Å².